The van der Waals surface area contributed by atoms with Crippen LogP contribution in [0.4, 0.5) is 0 Å². The van der Waals surface area contributed by atoms with E-state index in [1.54, 1.807) is 6.20 Å². The van der Waals surface area contributed by atoms with Crippen LogP contribution in [0.15, 0.2) is 378 Å². The monoisotopic (exact) mass is 1660 g/mol. The second-order valence-electron chi connectivity index (χ2n) is 36.6. The van der Waals surface area contributed by atoms with Gasteiger partial charge >= 0.3 is 0 Å². The van der Waals surface area contributed by atoms with Crippen molar-refractivity contribution in [2.24, 2.45) is 0 Å². The minimum absolute atomic E-state index is 0.0419. The number of hydrogen-bond donors (Lipinski definition) is 0. The molecular weight excluding hydrogens is 1580 g/mol. The molecule has 4 aliphatic carbocycles. The normalized spacial score (nSPS) is 14.7. The lowest BCUT2D eigenvalue weighted by molar-refractivity contribution is 0.619. The van der Waals surface area contributed by atoms with Crippen molar-refractivity contribution in [2.45, 2.75) is 77.0 Å². The highest BCUT2D eigenvalue weighted by molar-refractivity contribution is 6.13. The zero-order chi connectivity index (χ0) is 87.1. The average Bonchev–Trinajstić information content (AvgIpc) is 1.55. The zero-order valence-electron chi connectivity index (χ0n) is 72.7. The summed E-state index contributed by atoms with van der Waals surface area (Å²) >= 11 is 0. The average molecular weight is 1660 g/mol. The standard InChI is InChI=1S/C44H32N2O.C41H30N2O.C34H23N3O/c1-43(2)34-17-8-5-12-26(34)33-24-25(20-23-35(33)43)40-31-14-6-9-18-36(31)45-42(46-40)32-16-11-15-28-29-21-22-30-27-13-7-10-19-37(27)47-41(30)39(29)44(3,4)38(28)32;1-5-11-34-25(2)30-21-22-31-33-24-29(20-23-36(33)44-39(31)37(30)41(34,3)4)40-42-35-15-10-9-14-32(35)38(43-40)28-18-16-27(17-19-28)26-12-7-6-8-13-26;1-34(2)26-17-14-20(33-36-27-11-5-3-10-24(27)31(37-33)28-12-7-8-18-35-28)19-25(26)22-15-16-23-21-9-4-6-13-29(21)38-32(23)30(22)34/h5-24H,1-4H3;5-24H,1-2H2,3-4H3;3-19H,1-2H3/b;34-11+;. The molecule has 7 aromatic heterocycles. The first kappa shape index (κ1) is 76.7. The Morgan fingerprint density at radius 3 is 1.33 bits per heavy atom. The van der Waals surface area contributed by atoms with E-state index in [4.69, 9.17) is 43.2 Å². The van der Waals surface area contributed by atoms with Gasteiger partial charge in [0.2, 0.25) is 0 Å². The maximum absolute atomic E-state index is 6.59. The van der Waals surface area contributed by atoms with E-state index in [2.05, 4.69) is 328 Å². The summed E-state index contributed by atoms with van der Waals surface area (Å²) in [6.45, 7) is 26.7. The van der Waals surface area contributed by atoms with Crippen LogP contribution >= 0.6 is 0 Å². The van der Waals surface area contributed by atoms with Gasteiger partial charge in [0.25, 0.3) is 0 Å². The van der Waals surface area contributed by atoms with Gasteiger partial charge in [0.15, 0.2) is 17.5 Å². The topological polar surface area (TPSA) is 130 Å². The summed E-state index contributed by atoms with van der Waals surface area (Å²) in [7, 11) is 0. The lowest BCUT2D eigenvalue weighted by Crippen LogP contribution is -2.17. The molecule has 0 atom stereocenters. The highest BCUT2D eigenvalue weighted by Gasteiger charge is 2.44. The second kappa shape index (κ2) is 28.8. The van der Waals surface area contributed by atoms with E-state index >= 15 is 0 Å². The summed E-state index contributed by atoms with van der Waals surface area (Å²) in [5.74, 6) is 2.13. The van der Waals surface area contributed by atoms with E-state index in [-0.39, 0.29) is 21.7 Å². The highest BCUT2D eigenvalue weighted by Crippen LogP contribution is 2.59. The molecule has 0 amide bonds. The summed E-state index contributed by atoms with van der Waals surface area (Å²) in [4.78, 5) is 35.4. The molecule has 0 fully saturated rings. The predicted octanol–water partition coefficient (Wildman–Crippen LogP) is 31.0. The number of hydrogen-bond acceptors (Lipinski definition) is 10. The quantitative estimate of drug-likeness (QED) is 0.145. The van der Waals surface area contributed by atoms with Crippen molar-refractivity contribution < 1.29 is 13.3 Å². The van der Waals surface area contributed by atoms with Crippen LogP contribution in [0.25, 0.3) is 217 Å². The molecule has 22 aromatic rings. The first-order valence-corrected chi connectivity index (χ1v) is 44.2. The van der Waals surface area contributed by atoms with Crippen molar-refractivity contribution in [2.75, 3.05) is 0 Å². The Labute approximate surface area is 746 Å². The van der Waals surface area contributed by atoms with Gasteiger partial charge in [0, 0.05) is 121 Å². The van der Waals surface area contributed by atoms with Crippen LogP contribution in [-0.4, -0.2) is 34.9 Å². The molecule has 129 heavy (non-hydrogen) atoms. The molecule has 0 aliphatic heterocycles. The number of para-hydroxylation sites is 5. The number of pyridine rings is 1. The van der Waals surface area contributed by atoms with Gasteiger partial charge in [-0.2, -0.15) is 0 Å². The third-order valence-electron chi connectivity index (χ3n) is 27.8. The van der Waals surface area contributed by atoms with Gasteiger partial charge in [-0.05, 0) is 174 Å². The molecule has 0 saturated carbocycles. The molecule has 4 aliphatic rings. The Balaban J connectivity index is 0.000000108. The van der Waals surface area contributed by atoms with Crippen LogP contribution in [0.1, 0.15) is 99.9 Å². The van der Waals surface area contributed by atoms with Gasteiger partial charge in [0.05, 0.1) is 33.6 Å². The molecule has 0 bridgehead atoms. The van der Waals surface area contributed by atoms with E-state index in [0.717, 1.165) is 161 Å². The number of aromatic nitrogens is 7. The van der Waals surface area contributed by atoms with Crippen molar-refractivity contribution in [1.29, 1.82) is 0 Å². The van der Waals surface area contributed by atoms with Gasteiger partial charge in [0.1, 0.15) is 39.2 Å². The Hall–Kier alpha value is -15.9. The third-order valence-corrected chi connectivity index (χ3v) is 27.8. The molecule has 10 heteroatoms. The van der Waals surface area contributed by atoms with Crippen molar-refractivity contribution in [3.63, 3.8) is 0 Å². The Bertz CT molecular complexity index is 8590. The molecule has 7 heterocycles. The van der Waals surface area contributed by atoms with Gasteiger partial charge in [-0.1, -0.05) is 317 Å². The van der Waals surface area contributed by atoms with Crippen molar-refractivity contribution >= 4 is 104 Å². The Morgan fingerprint density at radius 2 is 0.690 bits per heavy atom. The Kier molecular flexibility index (Phi) is 17.1. The van der Waals surface area contributed by atoms with Crippen molar-refractivity contribution in [1.82, 2.24) is 34.9 Å². The van der Waals surface area contributed by atoms with Crippen molar-refractivity contribution in [3.05, 3.63) is 409 Å². The predicted molar refractivity (Wildman–Crippen MR) is 529 cm³/mol. The number of rotatable bonds is 8. The number of allylic oxidation sites excluding steroid dienone is 4. The van der Waals surface area contributed by atoms with Crippen LogP contribution in [0.5, 0.6) is 0 Å². The van der Waals surface area contributed by atoms with E-state index in [9.17, 15) is 0 Å². The fourth-order valence-electron chi connectivity index (χ4n) is 21.6. The number of furan rings is 3. The molecule has 10 nitrogen and oxygen atoms in total. The minimum Gasteiger partial charge on any atom is -0.456 e. The van der Waals surface area contributed by atoms with E-state index in [1.807, 2.05) is 84.9 Å². The van der Waals surface area contributed by atoms with Gasteiger partial charge in [-0.3, -0.25) is 4.98 Å². The number of fused-ring (bicyclic) bond motifs is 25. The van der Waals surface area contributed by atoms with Crippen molar-refractivity contribution in [3.8, 4) is 113 Å². The number of nitrogens with zero attached hydrogens (tertiary/aromatic N) is 7. The molecular formula is C119H85N7O3. The van der Waals surface area contributed by atoms with Crippen LogP contribution in [0.2, 0.25) is 0 Å². The maximum Gasteiger partial charge on any atom is 0.160 e. The smallest absolute Gasteiger partial charge is 0.160 e. The van der Waals surface area contributed by atoms with E-state index < -0.39 is 0 Å². The van der Waals surface area contributed by atoms with Crippen LogP contribution in [0, 0.1) is 0 Å². The third kappa shape index (κ3) is 11.8. The zero-order valence-corrected chi connectivity index (χ0v) is 72.7. The minimum atomic E-state index is -0.327. The highest BCUT2D eigenvalue weighted by atomic mass is 16.3. The Morgan fingerprint density at radius 1 is 0.264 bits per heavy atom. The molecule has 0 radical (unpaired) electrons. The number of benzene rings is 15. The first-order chi connectivity index (χ1) is 62.8. The fourth-order valence-corrected chi connectivity index (χ4v) is 21.6. The molecule has 15 aromatic carbocycles. The van der Waals surface area contributed by atoms with Gasteiger partial charge in [-0.25, -0.2) is 29.9 Å². The summed E-state index contributed by atoms with van der Waals surface area (Å²) in [5.41, 5.74) is 38.3. The largest absolute Gasteiger partial charge is 0.456 e. The molecule has 26 rings (SSSR count). The summed E-state index contributed by atoms with van der Waals surface area (Å²) < 4.78 is 19.6. The maximum atomic E-state index is 6.59. The molecule has 0 unspecified atom stereocenters. The summed E-state index contributed by atoms with van der Waals surface area (Å²) in [6.07, 6.45) is 5.71. The van der Waals surface area contributed by atoms with E-state index in [1.165, 1.54) is 94.4 Å². The SMILES string of the molecule is C=C/C=C1\C(=C)c2ccc3c(oc4ccc(-c5nc(-c6ccc(-c7ccccc7)cc6)c6ccccc6n5)cc43)c2C1(C)C.CC1(C)c2ccc(-c3nc(-c4ccccn4)c4ccccc4n3)cc2-c2ccc3c(oc4ccccc43)c21.CC1(C)c2ccccc2-c2cc(-c3nc(-c4cccc5c4C(C)(C)c4c-5ccc5c4oc4ccccc45)nc4ccccc34)ccc21. The van der Waals surface area contributed by atoms with E-state index in [0.29, 0.717) is 11.6 Å². The molecule has 0 spiro atoms. The van der Waals surface area contributed by atoms with Gasteiger partial charge in [-0.15, -0.1) is 0 Å². The van der Waals surface area contributed by atoms with Crippen LogP contribution in [-0.2, 0) is 21.7 Å². The molecule has 0 saturated heterocycles. The fraction of sp³-hybridized carbons (Fsp3) is 0.101. The summed E-state index contributed by atoms with van der Waals surface area (Å²) in [5, 5.41) is 9.85. The first-order valence-electron chi connectivity index (χ1n) is 44.2. The molecule has 0 N–H and O–H groups in total. The summed E-state index contributed by atoms with van der Waals surface area (Å²) in [6, 6.07) is 115. The second-order valence-corrected chi connectivity index (χ2v) is 36.6. The lowest BCUT2D eigenvalue weighted by Gasteiger charge is -2.24. The lowest BCUT2D eigenvalue weighted by atomic mass is 9.79. The van der Waals surface area contributed by atoms with Gasteiger partial charge < -0.3 is 13.3 Å². The van der Waals surface area contributed by atoms with Crippen LogP contribution in [0.3, 0.4) is 0 Å². The molecule has 614 valence electrons. The van der Waals surface area contributed by atoms with Crippen LogP contribution < -0.4 is 0 Å².